The van der Waals surface area contributed by atoms with Crippen LogP contribution in [0.4, 0.5) is 0 Å². The molecule has 0 aromatic rings. The van der Waals surface area contributed by atoms with Crippen molar-refractivity contribution in [3.63, 3.8) is 0 Å². The first-order valence-corrected chi connectivity index (χ1v) is 7.96. The molecule has 2 N–H and O–H groups in total. The highest BCUT2D eigenvalue weighted by atomic mass is 127. The summed E-state index contributed by atoms with van der Waals surface area (Å²) in [7, 11) is 0. The van der Waals surface area contributed by atoms with Crippen molar-refractivity contribution in [2.75, 3.05) is 32.7 Å². The van der Waals surface area contributed by atoms with E-state index in [9.17, 15) is 0 Å². The highest BCUT2D eigenvalue weighted by Gasteiger charge is 2.33. The quantitative estimate of drug-likeness (QED) is 0.427. The summed E-state index contributed by atoms with van der Waals surface area (Å²) in [6.07, 6.45) is 3.98. The third-order valence-corrected chi connectivity index (χ3v) is 4.34. The van der Waals surface area contributed by atoms with Gasteiger partial charge in [0.1, 0.15) is 0 Å². The zero-order valence-electron chi connectivity index (χ0n) is 13.2. The van der Waals surface area contributed by atoms with Gasteiger partial charge in [0, 0.05) is 19.1 Å². The molecule has 118 valence electrons. The predicted molar refractivity (Wildman–Crippen MR) is 96.9 cm³/mol. The van der Waals surface area contributed by atoms with E-state index in [2.05, 4.69) is 36.3 Å². The normalized spacial score (nSPS) is 27.9. The number of nitrogens with zero attached hydrogens (tertiary/aromatic N) is 2. The molecule has 2 fully saturated rings. The second-order valence-electron chi connectivity index (χ2n) is 6.25. The molecule has 1 aliphatic heterocycles. The van der Waals surface area contributed by atoms with Gasteiger partial charge in [-0.25, -0.2) is 0 Å². The van der Waals surface area contributed by atoms with Gasteiger partial charge in [-0.3, -0.25) is 4.99 Å². The Morgan fingerprint density at radius 1 is 1.25 bits per heavy atom. The number of nitrogens with one attached hydrogen (secondary N) is 2. The molecule has 0 bridgehead atoms. The SMILES string of the molecule is CCNC(=NCCN1CCC(C)CC1)NC1CC1C.I. The maximum Gasteiger partial charge on any atom is 0.191 e. The molecule has 0 aromatic carbocycles. The molecular weight excluding hydrogens is 363 g/mol. The third-order valence-electron chi connectivity index (χ3n) is 4.34. The number of hydrogen-bond donors (Lipinski definition) is 2. The Morgan fingerprint density at radius 3 is 2.45 bits per heavy atom. The van der Waals surface area contributed by atoms with E-state index in [-0.39, 0.29) is 24.0 Å². The zero-order chi connectivity index (χ0) is 13.7. The number of guanidine groups is 1. The fourth-order valence-electron chi connectivity index (χ4n) is 2.61. The van der Waals surface area contributed by atoms with Crippen molar-refractivity contribution in [3.05, 3.63) is 0 Å². The Balaban J connectivity index is 0.00000200. The van der Waals surface area contributed by atoms with Gasteiger partial charge in [-0.1, -0.05) is 13.8 Å². The highest BCUT2D eigenvalue weighted by molar-refractivity contribution is 14.0. The Bertz CT molecular complexity index is 300. The Hall–Kier alpha value is -0.0400. The molecule has 2 atom stereocenters. The largest absolute Gasteiger partial charge is 0.357 e. The van der Waals surface area contributed by atoms with Crippen LogP contribution in [0, 0.1) is 11.8 Å². The van der Waals surface area contributed by atoms with Gasteiger partial charge in [-0.15, -0.1) is 24.0 Å². The number of piperidine rings is 1. The average molecular weight is 394 g/mol. The molecule has 0 aromatic heterocycles. The summed E-state index contributed by atoms with van der Waals surface area (Å²) >= 11 is 0. The van der Waals surface area contributed by atoms with E-state index in [0.29, 0.717) is 6.04 Å². The van der Waals surface area contributed by atoms with Crippen LogP contribution in [0.2, 0.25) is 0 Å². The molecule has 1 saturated heterocycles. The predicted octanol–water partition coefficient (Wildman–Crippen LogP) is 2.30. The molecule has 5 heteroatoms. The van der Waals surface area contributed by atoms with Crippen LogP contribution in [0.5, 0.6) is 0 Å². The van der Waals surface area contributed by atoms with Crippen molar-refractivity contribution in [2.45, 2.75) is 46.1 Å². The summed E-state index contributed by atoms with van der Waals surface area (Å²) in [5.74, 6) is 2.73. The summed E-state index contributed by atoms with van der Waals surface area (Å²) in [6.45, 7) is 12.2. The first-order valence-electron chi connectivity index (χ1n) is 7.96. The van der Waals surface area contributed by atoms with Crippen LogP contribution in [-0.2, 0) is 0 Å². The topological polar surface area (TPSA) is 39.7 Å². The van der Waals surface area contributed by atoms with Gasteiger partial charge in [0.15, 0.2) is 5.96 Å². The fraction of sp³-hybridized carbons (Fsp3) is 0.933. The maximum absolute atomic E-state index is 4.69. The van der Waals surface area contributed by atoms with Gasteiger partial charge >= 0.3 is 0 Å². The van der Waals surface area contributed by atoms with Gasteiger partial charge in [-0.2, -0.15) is 0 Å². The Kier molecular flexibility index (Phi) is 8.17. The van der Waals surface area contributed by atoms with Gasteiger partial charge in [0.05, 0.1) is 6.54 Å². The molecule has 2 unspecified atom stereocenters. The van der Waals surface area contributed by atoms with Crippen LogP contribution in [0.15, 0.2) is 4.99 Å². The lowest BCUT2D eigenvalue weighted by molar-refractivity contribution is 0.197. The molecule has 4 nitrogen and oxygen atoms in total. The molecule has 20 heavy (non-hydrogen) atoms. The van der Waals surface area contributed by atoms with Gasteiger partial charge in [0.2, 0.25) is 0 Å². The highest BCUT2D eigenvalue weighted by Crippen LogP contribution is 2.28. The maximum atomic E-state index is 4.69. The number of hydrogen-bond acceptors (Lipinski definition) is 2. The molecule has 0 radical (unpaired) electrons. The van der Waals surface area contributed by atoms with E-state index in [0.717, 1.165) is 37.4 Å². The minimum atomic E-state index is 0. The zero-order valence-corrected chi connectivity index (χ0v) is 15.5. The lowest BCUT2D eigenvalue weighted by Crippen LogP contribution is -2.40. The number of halogens is 1. The lowest BCUT2D eigenvalue weighted by atomic mass is 9.99. The van der Waals surface area contributed by atoms with Gasteiger partial charge < -0.3 is 15.5 Å². The van der Waals surface area contributed by atoms with Crippen molar-refractivity contribution < 1.29 is 0 Å². The fourth-order valence-corrected chi connectivity index (χ4v) is 2.61. The lowest BCUT2D eigenvalue weighted by Gasteiger charge is -2.29. The molecule has 2 rings (SSSR count). The smallest absolute Gasteiger partial charge is 0.191 e. The monoisotopic (exact) mass is 394 g/mol. The van der Waals surface area contributed by atoms with Crippen molar-refractivity contribution in [1.29, 1.82) is 0 Å². The molecule has 1 aliphatic carbocycles. The van der Waals surface area contributed by atoms with Gasteiger partial charge in [-0.05, 0) is 51.1 Å². The van der Waals surface area contributed by atoms with E-state index in [4.69, 9.17) is 4.99 Å². The van der Waals surface area contributed by atoms with E-state index in [1.807, 2.05) is 0 Å². The molecule has 2 aliphatic rings. The van der Waals surface area contributed by atoms with Crippen molar-refractivity contribution >= 4 is 29.9 Å². The van der Waals surface area contributed by atoms with E-state index in [1.165, 1.54) is 32.4 Å². The van der Waals surface area contributed by atoms with Crippen molar-refractivity contribution in [3.8, 4) is 0 Å². The summed E-state index contributed by atoms with van der Waals surface area (Å²) in [5.41, 5.74) is 0. The first kappa shape index (κ1) is 18.0. The molecule has 1 saturated carbocycles. The minimum Gasteiger partial charge on any atom is -0.357 e. The van der Waals surface area contributed by atoms with Crippen LogP contribution in [0.25, 0.3) is 0 Å². The van der Waals surface area contributed by atoms with Crippen molar-refractivity contribution in [1.82, 2.24) is 15.5 Å². The number of aliphatic imine (C=N–C) groups is 1. The second-order valence-corrected chi connectivity index (χ2v) is 6.25. The third kappa shape index (κ3) is 6.16. The summed E-state index contributed by atoms with van der Waals surface area (Å²) < 4.78 is 0. The van der Waals surface area contributed by atoms with Crippen LogP contribution in [0.1, 0.15) is 40.0 Å². The van der Waals surface area contributed by atoms with Gasteiger partial charge in [0.25, 0.3) is 0 Å². The van der Waals surface area contributed by atoms with E-state index in [1.54, 1.807) is 0 Å². The summed E-state index contributed by atoms with van der Waals surface area (Å²) in [6, 6.07) is 0.647. The Labute approximate surface area is 141 Å². The van der Waals surface area contributed by atoms with E-state index >= 15 is 0 Å². The molecule has 1 heterocycles. The molecule has 0 spiro atoms. The summed E-state index contributed by atoms with van der Waals surface area (Å²) in [4.78, 5) is 7.24. The van der Waals surface area contributed by atoms with Crippen LogP contribution >= 0.6 is 24.0 Å². The van der Waals surface area contributed by atoms with Crippen LogP contribution < -0.4 is 10.6 Å². The van der Waals surface area contributed by atoms with Crippen LogP contribution in [-0.4, -0.2) is 49.6 Å². The summed E-state index contributed by atoms with van der Waals surface area (Å²) in [5, 5.41) is 6.85. The molecule has 0 amide bonds. The van der Waals surface area contributed by atoms with E-state index < -0.39 is 0 Å². The molecular formula is C15H31IN4. The van der Waals surface area contributed by atoms with Crippen molar-refractivity contribution in [2.24, 2.45) is 16.8 Å². The average Bonchev–Trinajstić information content (AvgIpc) is 3.07. The Morgan fingerprint density at radius 2 is 1.90 bits per heavy atom. The number of rotatable bonds is 5. The number of likely N-dealkylation sites (tertiary alicyclic amines) is 1. The van der Waals surface area contributed by atoms with Crippen LogP contribution in [0.3, 0.4) is 0 Å². The standard InChI is InChI=1S/C15H30N4.HI/c1-4-16-15(18-14-11-13(14)3)17-7-10-19-8-5-12(2)6-9-19;/h12-14H,4-11H2,1-3H3,(H2,16,17,18);1H. The minimum absolute atomic E-state index is 0. The first-order chi connectivity index (χ1) is 9.19. The second kappa shape index (κ2) is 9.07.